The molecule has 2 aromatic heterocycles. The predicted octanol–water partition coefficient (Wildman–Crippen LogP) is 3.83. The normalized spacial score (nSPS) is 11.4. The van der Waals surface area contributed by atoms with Gasteiger partial charge < -0.3 is 14.3 Å². The molecule has 0 bridgehead atoms. The van der Waals surface area contributed by atoms with Crippen molar-refractivity contribution >= 4 is 21.4 Å². The largest absolute Gasteiger partial charge is 0.459 e. The van der Waals surface area contributed by atoms with Crippen molar-refractivity contribution in [3.63, 3.8) is 0 Å². The summed E-state index contributed by atoms with van der Waals surface area (Å²) >= 11 is 0. The molecule has 4 aromatic rings. The number of aromatic nitrogens is 2. The van der Waals surface area contributed by atoms with Crippen molar-refractivity contribution in [3.05, 3.63) is 96.7 Å². The minimum absolute atomic E-state index is 0.145. The third-order valence-corrected chi connectivity index (χ3v) is 6.07. The number of halogens is 1. The molecule has 0 aliphatic heterocycles. The van der Waals surface area contributed by atoms with Crippen LogP contribution in [0, 0.1) is 5.82 Å². The monoisotopic (exact) mass is 425 g/mol. The number of imidazole rings is 1. The number of carbonyl (C=O) groups is 1. The van der Waals surface area contributed by atoms with E-state index in [0.717, 1.165) is 6.07 Å². The summed E-state index contributed by atoms with van der Waals surface area (Å²) in [5.41, 5.74) is 0.694. The Balaban J connectivity index is 1.53. The average Bonchev–Trinajstić information content (AvgIpc) is 3.41. The second kappa shape index (κ2) is 7.96. The van der Waals surface area contributed by atoms with E-state index in [1.54, 1.807) is 24.4 Å². The zero-order valence-corrected chi connectivity index (χ0v) is 16.3. The summed E-state index contributed by atoms with van der Waals surface area (Å²) in [5, 5.41) is 2.53. The molecule has 2 aromatic carbocycles. The molecule has 4 rings (SSSR count). The molecule has 0 fully saturated rings. The predicted molar refractivity (Wildman–Crippen MR) is 108 cm³/mol. The van der Waals surface area contributed by atoms with Crippen LogP contribution >= 0.6 is 0 Å². The van der Waals surface area contributed by atoms with Gasteiger partial charge in [0.05, 0.1) is 28.9 Å². The molecular weight excluding hydrogens is 409 g/mol. The van der Waals surface area contributed by atoms with Crippen LogP contribution in [0.5, 0.6) is 0 Å². The van der Waals surface area contributed by atoms with Crippen molar-refractivity contribution in [2.45, 2.75) is 10.6 Å². The molecule has 9 heteroatoms. The molecule has 0 saturated heterocycles. The fraction of sp³-hybridized carbons (Fsp3) is 0.0476. The molecule has 2 heterocycles. The second-order valence-electron chi connectivity index (χ2n) is 6.44. The van der Waals surface area contributed by atoms with Gasteiger partial charge in [-0.3, -0.25) is 4.79 Å². The van der Waals surface area contributed by atoms with Crippen LogP contribution < -0.4 is 5.32 Å². The summed E-state index contributed by atoms with van der Waals surface area (Å²) in [4.78, 5) is 16.6. The lowest BCUT2D eigenvalue weighted by atomic mass is 10.2. The SMILES string of the molecule is O=C(Nc1ccc(-n2ccnc2)c(F)c1)c1occc1CS(=O)(=O)c1ccccc1. The van der Waals surface area contributed by atoms with Gasteiger partial charge in [0.1, 0.15) is 5.82 Å². The van der Waals surface area contributed by atoms with E-state index >= 15 is 0 Å². The van der Waals surface area contributed by atoms with Crippen LogP contribution in [0.3, 0.4) is 0 Å². The Hall–Kier alpha value is -3.72. The second-order valence-corrected chi connectivity index (χ2v) is 8.43. The summed E-state index contributed by atoms with van der Waals surface area (Å²) in [6.07, 6.45) is 5.82. The molecule has 0 aliphatic carbocycles. The number of nitrogens with one attached hydrogen (secondary N) is 1. The van der Waals surface area contributed by atoms with Crippen molar-refractivity contribution in [2.75, 3.05) is 5.32 Å². The van der Waals surface area contributed by atoms with E-state index in [0.29, 0.717) is 0 Å². The highest BCUT2D eigenvalue weighted by atomic mass is 32.2. The van der Waals surface area contributed by atoms with Crippen molar-refractivity contribution < 1.29 is 22.0 Å². The van der Waals surface area contributed by atoms with Gasteiger partial charge in [-0.25, -0.2) is 17.8 Å². The summed E-state index contributed by atoms with van der Waals surface area (Å²) < 4.78 is 46.3. The number of rotatable bonds is 6. The number of sulfone groups is 1. The highest BCUT2D eigenvalue weighted by molar-refractivity contribution is 7.90. The van der Waals surface area contributed by atoms with Gasteiger partial charge >= 0.3 is 0 Å². The third kappa shape index (κ3) is 4.01. The lowest BCUT2D eigenvalue weighted by Crippen LogP contribution is -2.15. The van der Waals surface area contributed by atoms with E-state index in [1.165, 1.54) is 53.7 Å². The zero-order chi connectivity index (χ0) is 21.1. The van der Waals surface area contributed by atoms with Crippen LogP contribution in [0.2, 0.25) is 0 Å². The summed E-state index contributed by atoms with van der Waals surface area (Å²) in [5.74, 6) is -1.77. The minimum Gasteiger partial charge on any atom is -0.459 e. The van der Waals surface area contributed by atoms with Crippen LogP contribution in [-0.2, 0) is 15.6 Å². The number of anilines is 1. The summed E-state index contributed by atoms with van der Waals surface area (Å²) in [7, 11) is -3.66. The molecule has 152 valence electrons. The van der Waals surface area contributed by atoms with Crippen LogP contribution in [0.1, 0.15) is 16.1 Å². The molecular formula is C21H16FN3O4S. The standard InChI is InChI=1S/C21H16FN3O4S/c22-18-12-16(6-7-19(18)25-10-9-23-14-25)24-21(26)20-15(8-11-29-20)13-30(27,28)17-4-2-1-3-5-17/h1-12,14H,13H2,(H,24,26). The first-order valence-corrected chi connectivity index (χ1v) is 10.5. The quantitative estimate of drug-likeness (QED) is 0.507. The van der Waals surface area contributed by atoms with E-state index in [2.05, 4.69) is 10.3 Å². The maximum Gasteiger partial charge on any atom is 0.291 e. The van der Waals surface area contributed by atoms with Crippen molar-refractivity contribution in [1.82, 2.24) is 9.55 Å². The lowest BCUT2D eigenvalue weighted by molar-refractivity contribution is 0.0996. The summed E-state index contributed by atoms with van der Waals surface area (Å²) in [6.45, 7) is 0. The van der Waals surface area contributed by atoms with Gasteiger partial charge in [0.2, 0.25) is 0 Å². The highest BCUT2D eigenvalue weighted by Crippen LogP contribution is 2.22. The molecule has 0 atom stereocenters. The first-order valence-electron chi connectivity index (χ1n) is 8.87. The average molecular weight is 425 g/mol. The Morgan fingerprint density at radius 3 is 2.63 bits per heavy atom. The van der Waals surface area contributed by atoms with E-state index < -0.39 is 27.3 Å². The van der Waals surface area contributed by atoms with E-state index in [9.17, 15) is 17.6 Å². The molecule has 0 saturated carbocycles. The Bertz CT molecular complexity index is 1280. The molecule has 7 nitrogen and oxygen atoms in total. The number of furan rings is 1. The minimum atomic E-state index is -3.66. The first kappa shape index (κ1) is 19.6. The smallest absolute Gasteiger partial charge is 0.291 e. The van der Waals surface area contributed by atoms with Gasteiger partial charge in [-0.1, -0.05) is 18.2 Å². The Morgan fingerprint density at radius 1 is 1.13 bits per heavy atom. The van der Waals surface area contributed by atoms with Crippen molar-refractivity contribution in [2.24, 2.45) is 0 Å². The molecule has 0 spiro atoms. The van der Waals surface area contributed by atoms with Crippen LogP contribution in [0.15, 0.2) is 88.9 Å². The fourth-order valence-electron chi connectivity index (χ4n) is 2.95. The van der Waals surface area contributed by atoms with Gasteiger partial charge in [-0.05, 0) is 36.4 Å². The molecule has 0 aliphatic rings. The van der Waals surface area contributed by atoms with Crippen molar-refractivity contribution in [3.8, 4) is 5.69 Å². The maximum absolute atomic E-state index is 14.4. The Morgan fingerprint density at radius 2 is 1.93 bits per heavy atom. The van der Waals surface area contributed by atoms with Crippen LogP contribution in [0.25, 0.3) is 5.69 Å². The number of nitrogens with zero attached hydrogens (tertiary/aromatic N) is 2. The Labute approximate surface area is 171 Å². The molecule has 1 amide bonds. The van der Waals surface area contributed by atoms with Gasteiger partial charge in [0.25, 0.3) is 5.91 Å². The van der Waals surface area contributed by atoms with E-state index in [1.807, 2.05) is 0 Å². The number of carbonyl (C=O) groups excluding carboxylic acids is 1. The fourth-order valence-corrected chi connectivity index (χ4v) is 4.32. The molecule has 0 radical (unpaired) electrons. The van der Waals surface area contributed by atoms with E-state index in [-0.39, 0.29) is 27.6 Å². The van der Waals surface area contributed by atoms with Gasteiger partial charge in [0, 0.05) is 23.6 Å². The highest BCUT2D eigenvalue weighted by Gasteiger charge is 2.22. The number of benzene rings is 2. The topological polar surface area (TPSA) is 94.2 Å². The first-order chi connectivity index (χ1) is 14.4. The third-order valence-electron chi connectivity index (χ3n) is 4.39. The lowest BCUT2D eigenvalue weighted by Gasteiger charge is -2.09. The van der Waals surface area contributed by atoms with Gasteiger partial charge in [0.15, 0.2) is 15.6 Å². The van der Waals surface area contributed by atoms with Crippen LogP contribution in [-0.4, -0.2) is 23.9 Å². The zero-order valence-electron chi connectivity index (χ0n) is 15.5. The van der Waals surface area contributed by atoms with Gasteiger partial charge in [-0.15, -0.1) is 0 Å². The summed E-state index contributed by atoms with van der Waals surface area (Å²) in [6, 6.07) is 13.5. The number of amides is 1. The number of hydrogen-bond donors (Lipinski definition) is 1. The maximum atomic E-state index is 14.4. The molecule has 1 N–H and O–H groups in total. The van der Waals surface area contributed by atoms with Gasteiger partial charge in [-0.2, -0.15) is 0 Å². The van der Waals surface area contributed by atoms with E-state index in [4.69, 9.17) is 4.42 Å². The van der Waals surface area contributed by atoms with Crippen molar-refractivity contribution in [1.29, 1.82) is 0 Å². The van der Waals surface area contributed by atoms with Crippen LogP contribution in [0.4, 0.5) is 10.1 Å². The number of hydrogen-bond acceptors (Lipinski definition) is 5. The molecule has 0 unspecified atom stereocenters. The Kier molecular flexibility index (Phi) is 5.20. The molecule has 30 heavy (non-hydrogen) atoms.